The Balaban J connectivity index is 1.22. The van der Waals surface area contributed by atoms with Gasteiger partial charge >= 0.3 is 0 Å². The highest BCUT2D eigenvalue weighted by Crippen LogP contribution is 2.43. The molecule has 4 aromatic carbocycles. The van der Waals surface area contributed by atoms with Gasteiger partial charge in [-0.1, -0.05) is 115 Å². The van der Waals surface area contributed by atoms with Crippen molar-refractivity contribution in [1.82, 2.24) is 4.31 Å². The van der Waals surface area contributed by atoms with Crippen molar-refractivity contribution < 1.29 is 36.9 Å². The van der Waals surface area contributed by atoms with Crippen molar-refractivity contribution in [2.24, 2.45) is 10.2 Å². The van der Waals surface area contributed by atoms with Crippen LogP contribution in [0.5, 0.6) is 23.0 Å². The molecule has 14 heteroatoms. The summed E-state index contributed by atoms with van der Waals surface area (Å²) in [5.41, 5.74) is 0.592. The Bertz CT molecular complexity index is 2260. The molecule has 0 amide bonds. The summed E-state index contributed by atoms with van der Waals surface area (Å²) in [6.45, 7) is 6.62. The first-order valence-electron chi connectivity index (χ1n) is 20.8. The van der Waals surface area contributed by atoms with E-state index in [9.17, 15) is 32.2 Å². The number of hydrogen-bond acceptors (Lipinski definition) is 10. The minimum atomic E-state index is -4.34. The number of fused-ring (bicyclic) bond motifs is 1. The van der Waals surface area contributed by atoms with Crippen LogP contribution in [0.1, 0.15) is 121 Å². The number of anilines is 1. The van der Waals surface area contributed by atoms with Gasteiger partial charge in [-0.25, -0.2) is 16.8 Å². The van der Waals surface area contributed by atoms with Gasteiger partial charge in [-0.3, -0.25) is 4.72 Å². The molecule has 4 aromatic rings. The number of hydrogen-bond donors (Lipinski definition) is 4. The number of aryl methyl sites for hydroxylation is 1. The molecule has 1 heterocycles. The maximum Gasteiger partial charge on any atom is 0.262 e. The molecule has 1 saturated heterocycles. The zero-order valence-electron chi connectivity index (χ0n) is 34.2. The lowest BCUT2D eigenvalue weighted by molar-refractivity contribution is 0.302. The Labute approximate surface area is 344 Å². The smallest absolute Gasteiger partial charge is 0.262 e. The number of unbranched alkanes of at least 4 members (excludes halogenated alkanes) is 13. The third-order valence-corrected chi connectivity index (χ3v) is 14.3. The van der Waals surface area contributed by atoms with E-state index in [0.717, 1.165) is 19.3 Å². The first-order chi connectivity index (χ1) is 27.8. The highest BCUT2D eigenvalue weighted by Gasteiger charge is 2.31. The second-order valence-electron chi connectivity index (χ2n) is 15.3. The lowest BCUT2D eigenvalue weighted by Gasteiger charge is -2.18. The van der Waals surface area contributed by atoms with Crippen molar-refractivity contribution in [2.45, 2.75) is 133 Å². The molecule has 0 spiro atoms. The number of nitrogens with one attached hydrogen (secondary N) is 1. The Morgan fingerprint density at radius 2 is 1.28 bits per heavy atom. The van der Waals surface area contributed by atoms with Gasteiger partial charge in [0.25, 0.3) is 10.0 Å². The van der Waals surface area contributed by atoms with Gasteiger partial charge in [-0.15, -0.1) is 10.2 Å². The van der Waals surface area contributed by atoms with Crippen molar-refractivity contribution in [1.29, 1.82) is 0 Å². The normalized spacial score (nSPS) is 13.8. The summed E-state index contributed by atoms with van der Waals surface area (Å²) in [6, 6.07) is 13.1. The number of sulfonamides is 2. The van der Waals surface area contributed by atoms with Crippen molar-refractivity contribution in [3.63, 3.8) is 0 Å². The fourth-order valence-corrected chi connectivity index (χ4v) is 10.4. The number of aromatic hydroxyl groups is 3. The van der Waals surface area contributed by atoms with E-state index in [-0.39, 0.29) is 49.3 Å². The average Bonchev–Trinajstić information content (AvgIpc) is 3.75. The Morgan fingerprint density at radius 1 is 0.690 bits per heavy atom. The van der Waals surface area contributed by atoms with Gasteiger partial charge in [0, 0.05) is 35.5 Å². The second kappa shape index (κ2) is 21.0. The average molecular weight is 837 g/mol. The molecule has 0 aliphatic carbocycles. The molecule has 0 bridgehead atoms. The summed E-state index contributed by atoms with van der Waals surface area (Å²) in [7, 11) is -8.39. The summed E-state index contributed by atoms with van der Waals surface area (Å²) in [5, 5.41) is 41.8. The third-order valence-electron chi connectivity index (χ3n) is 10.8. The molecule has 0 radical (unpaired) electrons. The highest BCUT2D eigenvalue weighted by atomic mass is 32.2. The molecule has 58 heavy (non-hydrogen) atoms. The number of benzene rings is 4. The number of rotatable bonds is 23. The number of ether oxygens (including phenoxy) is 1. The van der Waals surface area contributed by atoms with Crippen molar-refractivity contribution >= 4 is 47.9 Å². The Morgan fingerprint density at radius 3 is 1.90 bits per heavy atom. The molecular formula is C44H60N4O8S2. The van der Waals surface area contributed by atoms with E-state index in [0.29, 0.717) is 49.2 Å². The maximum atomic E-state index is 13.8. The van der Waals surface area contributed by atoms with E-state index in [1.807, 2.05) is 0 Å². The number of azo groups is 1. The molecule has 12 nitrogen and oxygen atoms in total. The summed E-state index contributed by atoms with van der Waals surface area (Å²) < 4.78 is 64.4. The third kappa shape index (κ3) is 11.4. The fraction of sp³-hybridized carbons (Fsp3) is 0.500. The summed E-state index contributed by atoms with van der Waals surface area (Å²) in [5.74, 6) is -0.581. The maximum absolute atomic E-state index is 13.8. The molecule has 1 fully saturated rings. The van der Waals surface area contributed by atoms with Crippen LogP contribution >= 0.6 is 0 Å². The van der Waals surface area contributed by atoms with Gasteiger partial charge in [-0.2, -0.15) is 4.31 Å². The first kappa shape index (κ1) is 44.7. The number of phenolic OH excluding ortho intramolecular Hbond substituents is 3. The van der Waals surface area contributed by atoms with Crippen LogP contribution in [0.25, 0.3) is 10.8 Å². The Hall–Kier alpha value is -4.40. The summed E-state index contributed by atoms with van der Waals surface area (Å²) in [6.07, 6.45) is 19.0. The monoisotopic (exact) mass is 836 g/mol. The molecule has 0 aromatic heterocycles. The van der Waals surface area contributed by atoms with Gasteiger partial charge in [-0.05, 0) is 62.9 Å². The summed E-state index contributed by atoms with van der Waals surface area (Å²) >= 11 is 0. The molecule has 5 rings (SSSR count). The van der Waals surface area contributed by atoms with E-state index in [1.165, 1.54) is 112 Å². The largest absolute Gasteiger partial charge is 0.506 e. The molecule has 0 unspecified atom stereocenters. The van der Waals surface area contributed by atoms with Crippen LogP contribution in [0.2, 0.25) is 0 Å². The fourth-order valence-electron chi connectivity index (χ4n) is 7.44. The van der Waals surface area contributed by atoms with E-state index in [4.69, 9.17) is 4.74 Å². The van der Waals surface area contributed by atoms with Gasteiger partial charge in [0.15, 0.2) is 0 Å². The number of phenols is 3. The van der Waals surface area contributed by atoms with Crippen LogP contribution in [0.3, 0.4) is 0 Å². The molecule has 1 aliphatic rings. The minimum absolute atomic E-state index is 0.0603. The Kier molecular flexibility index (Phi) is 16.2. The van der Waals surface area contributed by atoms with E-state index < -0.39 is 25.8 Å². The lowest BCUT2D eigenvalue weighted by Crippen LogP contribution is -2.27. The molecular weight excluding hydrogens is 777 g/mol. The molecule has 4 N–H and O–H groups in total. The van der Waals surface area contributed by atoms with Crippen LogP contribution in [0.15, 0.2) is 74.6 Å². The SMILES string of the molecule is CCCCCCCCCCCCCCCCOc1cc(NS(=O)(=O)c2ccc(O)c(N=Nc3cc(S(=O)(=O)N4CCCC4)c(O)c4ccccc34)c2C)c(O)cc1C. The zero-order chi connectivity index (χ0) is 41.7. The molecule has 316 valence electrons. The quantitative estimate of drug-likeness (QED) is 0.0324. The van der Waals surface area contributed by atoms with Crippen LogP contribution in [0.4, 0.5) is 17.1 Å². The lowest BCUT2D eigenvalue weighted by atomic mass is 10.0. The first-order valence-corrected chi connectivity index (χ1v) is 23.8. The van der Waals surface area contributed by atoms with Gasteiger partial charge in [0.05, 0.1) is 22.9 Å². The topological polar surface area (TPSA) is 178 Å². The number of nitrogens with zero attached hydrogens (tertiary/aromatic N) is 3. The van der Waals surface area contributed by atoms with Crippen LogP contribution in [-0.4, -0.2) is 56.2 Å². The minimum Gasteiger partial charge on any atom is -0.506 e. The predicted molar refractivity (Wildman–Crippen MR) is 230 cm³/mol. The van der Waals surface area contributed by atoms with E-state index >= 15 is 0 Å². The highest BCUT2D eigenvalue weighted by molar-refractivity contribution is 7.92. The molecule has 0 atom stereocenters. The zero-order valence-corrected chi connectivity index (χ0v) is 35.8. The van der Waals surface area contributed by atoms with Gasteiger partial charge in [0.2, 0.25) is 10.0 Å². The van der Waals surface area contributed by atoms with Crippen molar-refractivity contribution in [2.75, 3.05) is 24.4 Å². The van der Waals surface area contributed by atoms with Crippen LogP contribution in [-0.2, 0) is 20.0 Å². The van der Waals surface area contributed by atoms with Crippen LogP contribution < -0.4 is 9.46 Å². The summed E-state index contributed by atoms with van der Waals surface area (Å²) in [4.78, 5) is -0.540. The van der Waals surface area contributed by atoms with E-state index in [2.05, 4.69) is 21.9 Å². The molecule has 1 aliphatic heterocycles. The predicted octanol–water partition coefficient (Wildman–Crippen LogP) is 11.4. The van der Waals surface area contributed by atoms with Crippen molar-refractivity contribution in [3.05, 3.63) is 65.7 Å². The van der Waals surface area contributed by atoms with Crippen LogP contribution in [0, 0.1) is 13.8 Å². The van der Waals surface area contributed by atoms with Crippen molar-refractivity contribution in [3.8, 4) is 23.0 Å². The molecule has 0 saturated carbocycles. The standard InChI is InChI=1S/C44H60N4O8S2/c1-4-5-6-7-8-9-10-11-12-13-14-15-16-21-28-56-40-30-37(39(50)29-32(40)2)47-57(52,53)41-25-24-38(49)43(33(41)3)46-45-36-31-42(58(54,55)48-26-19-20-27-48)44(51)35-23-18-17-22-34(35)36/h17-18,22-25,29-31,47,49-51H,4-16,19-21,26-28H2,1-3H3. The van der Waals surface area contributed by atoms with Gasteiger partial charge in [0.1, 0.15) is 33.6 Å². The van der Waals surface area contributed by atoms with E-state index in [1.54, 1.807) is 31.2 Å². The second-order valence-corrected chi connectivity index (χ2v) is 18.9. The van der Waals surface area contributed by atoms with Gasteiger partial charge < -0.3 is 20.1 Å².